The van der Waals surface area contributed by atoms with Gasteiger partial charge in [-0.25, -0.2) is 0 Å². The summed E-state index contributed by atoms with van der Waals surface area (Å²) in [5.74, 6) is 0.475. The molecular weight excluding hydrogens is 336 g/mol. The fraction of sp³-hybridized carbons (Fsp3) is 0.350. The first-order valence-corrected chi connectivity index (χ1v) is 8.85. The van der Waals surface area contributed by atoms with Crippen molar-refractivity contribution in [3.8, 4) is 5.75 Å². The third-order valence-corrected chi connectivity index (χ3v) is 4.02. The zero-order valence-corrected chi connectivity index (χ0v) is 15.5. The summed E-state index contributed by atoms with van der Waals surface area (Å²) in [4.78, 5) is 14.3. The van der Waals surface area contributed by atoms with Crippen LogP contribution in [0.1, 0.15) is 18.9 Å². The van der Waals surface area contributed by atoms with Crippen molar-refractivity contribution in [2.75, 3.05) is 20.1 Å². The number of hydrogen-bond acceptors (Lipinski definition) is 3. The minimum absolute atomic E-state index is 0.120. The van der Waals surface area contributed by atoms with Crippen molar-refractivity contribution in [3.05, 3.63) is 65.2 Å². The van der Waals surface area contributed by atoms with Crippen LogP contribution in [-0.2, 0) is 11.3 Å². The van der Waals surface area contributed by atoms with Crippen molar-refractivity contribution in [3.63, 3.8) is 0 Å². The SMILES string of the molecule is CC(Oc1cccc(Cl)c1)C(=O)NCCCN(C)Cc1ccccc1. The van der Waals surface area contributed by atoms with Gasteiger partial charge in [0, 0.05) is 18.1 Å². The average Bonchev–Trinajstić information content (AvgIpc) is 2.59. The van der Waals surface area contributed by atoms with Gasteiger partial charge in [-0.1, -0.05) is 48.0 Å². The Morgan fingerprint density at radius 2 is 1.96 bits per heavy atom. The Morgan fingerprint density at radius 3 is 2.68 bits per heavy atom. The summed E-state index contributed by atoms with van der Waals surface area (Å²) in [5, 5.41) is 3.50. The van der Waals surface area contributed by atoms with E-state index < -0.39 is 6.10 Å². The molecule has 25 heavy (non-hydrogen) atoms. The molecule has 0 heterocycles. The fourth-order valence-corrected chi connectivity index (χ4v) is 2.66. The zero-order valence-electron chi connectivity index (χ0n) is 14.7. The first kappa shape index (κ1) is 19.3. The topological polar surface area (TPSA) is 41.6 Å². The van der Waals surface area contributed by atoms with Crippen molar-refractivity contribution < 1.29 is 9.53 Å². The molecule has 0 spiro atoms. The highest BCUT2D eigenvalue weighted by molar-refractivity contribution is 6.30. The van der Waals surface area contributed by atoms with E-state index in [1.165, 1.54) is 5.56 Å². The number of halogens is 1. The molecule has 2 rings (SSSR count). The maximum absolute atomic E-state index is 12.1. The van der Waals surface area contributed by atoms with Crippen molar-refractivity contribution >= 4 is 17.5 Å². The van der Waals surface area contributed by atoms with Gasteiger partial charge in [-0.05, 0) is 50.7 Å². The lowest BCUT2D eigenvalue weighted by atomic mass is 10.2. The number of rotatable bonds is 9. The summed E-state index contributed by atoms with van der Waals surface area (Å²) < 4.78 is 5.61. The molecule has 4 nitrogen and oxygen atoms in total. The molecule has 2 aromatic carbocycles. The van der Waals surface area contributed by atoms with E-state index in [4.69, 9.17) is 16.3 Å². The van der Waals surface area contributed by atoms with E-state index in [0.717, 1.165) is 19.5 Å². The van der Waals surface area contributed by atoms with Crippen LogP contribution in [0.3, 0.4) is 0 Å². The lowest BCUT2D eigenvalue weighted by Gasteiger charge is -2.18. The smallest absolute Gasteiger partial charge is 0.260 e. The minimum atomic E-state index is -0.555. The molecule has 2 aromatic rings. The summed E-state index contributed by atoms with van der Waals surface area (Å²) in [6.07, 6.45) is 0.333. The van der Waals surface area contributed by atoms with E-state index in [-0.39, 0.29) is 5.91 Å². The van der Waals surface area contributed by atoms with E-state index in [9.17, 15) is 4.79 Å². The molecule has 1 atom stereocenters. The molecule has 0 radical (unpaired) electrons. The molecule has 1 amide bonds. The van der Waals surface area contributed by atoms with Gasteiger partial charge in [-0.15, -0.1) is 0 Å². The maximum atomic E-state index is 12.1. The van der Waals surface area contributed by atoms with Crippen LogP contribution < -0.4 is 10.1 Å². The lowest BCUT2D eigenvalue weighted by Crippen LogP contribution is -2.37. The lowest BCUT2D eigenvalue weighted by molar-refractivity contribution is -0.127. The summed E-state index contributed by atoms with van der Waals surface area (Å²) in [7, 11) is 2.08. The van der Waals surface area contributed by atoms with Crippen LogP contribution in [0.25, 0.3) is 0 Å². The van der Waals surface area contributed by atoms with E-state index in [2.05, 4.69) is 29.4 Å². The minimum Gasteiger partial charge on any atom is -0.481 e. The molecule has 0 aliphatic rings. The molecule has 0 aliphatic heterocycles. The number of amides is 1. The van der Waals surface area contributed by atoms with E-state index >= 15 is 0 Å². The van der Waals surface area contributed by atoms with Crippen LogP contribution in [0.5, 0.6) is 5.75 Å². The first-order chi connectivity index (χ1) is 12.0. The fourth-order valence-electron chi connectivity index (χ4n) is 2.48. The Kier molecular flexibility index (Phi) is 7.76. The number of nitrogens with zero attached hydrogens (tertiary/aromatic N) is 1. The Balaban J connectivity index is 1.64. The second-order valence-electron chi connectivity index (χ2n) is 6.09. The summed E-state index contributed by atoms with van der Waals surface area (Å²) in [6.45, 7) is 4.18. The second-order valence-corrected chi connectivity index (χ2v) is 6.52. The Labute approximate surface area is 154 Å². The third kappa shape index (κ3) is 7.16. The normalized spacial score (nSPS) is 12.0. The predicted octanol–water partition coefficient (Wildman–Crippen LogP) is 3.75. The van der Waals surface area contributed by atoms with Gasteiger partial charge in [0.2, 0.25) is 0 Å². The molecule has 0 aliphatic carbocycles. The summed E-state index contributed by atoms with van der Waals surface area (Å²) >= 11 is 5.91. The number of carbonyl (C=O) groups excluding carboxylic acids is 1. The van der Waals surface area contributed by atoms with Gasteiger partial charge in [0.1, 0.15) is 5.75 Å². The largest absolute Gasteiger partial charge is 0.481 e. The van der Waals surface area contributed by atoms with Gasteiger partial charge in [0.15, 0.2) is 6.10 Å². The molecule has 134 valence electrons. The highest BCUT2D eigenvalue weighted by atomic mass is 35.5. The molecule has 1 N–H and O–H groups in total. The average molecular weight is 361 g/mol. The Hall–Kier alpha value is -2.04. The van der Waals surface area contributed by atoms with E-state index in [0.29, 0.717) is 17.3 Å². The molecule has 0 saturated carbocycles. The first-order valence-electron chi connectivity index (χ1n) is 8.47. The van der Waals surface area contributed by atoms with Crippen LogP contribution in [0, 0.1) is 0 Å². The zero-order chi connectivity index (χ0) is 18.1. The quantitative estimate of drug-likeness (QED) is 0.692. The second kappa shape index (κ2) is 10.1. The standard InChI is InChI=1S/C20H25ClN2O2/c1-16(25-19-11-6-10-18(21)14-19)20(24)22-12-7-13-23(2)15-17-8-4-3-5-9-17/h3-6,8-11,14,16H,7,12-13,15H2,1-2H3,(H,22,24). The molecule has 0 aromatic heterocycles. The Morgan fingerprint density at radius 1 is 1.20 bits per heavy atom. The van der Waals surface area contributed by atoms with Gasteiger partial charge >= 0.3 is 0 Å². The maximum Gasteiger partial charge on any atom is 0.260 e. The number of nitrogens with one attached hydrogen (secondary N) is 1. The number of carbonyl (C=O) groups is 1. The van der Waals surface area contributed by atoms with Crippen LogP contribution in [0.15, 0.2) is 54.6 Å². The van der Waals surface area contributed by atoms with E-state index in [1.807, 2.05) is 18.2 Å². The van der Waals surface area contributed by atoms with Crippen molar-refractivity contribution in [2.45, 2.75) is 26.0 Å². The Bertz CT molecular complexity index is 664. The van der Waals surface area contributed by atoms with Crippen molar-refractivity contribution in [2.24, 2.45) is 0 Å². The predicted molar refractivity (Wildman–Crippen MR) is 102 cm³/mol. The number of benzene rings is 2. The number of hydrogen-bond donors (Lipinski definition) is 1. The molecule has 0 fully saturated rings. The van der Waals surface area contributed by atoms with Crippen LogP contribution in [0.4, 0.5) is 0 Å². The molecule has 5 heteroatoms. The van der Waals surface area contributed by atoms with Crippen LogP contribution in [0.2, 0.25) is 5.02 Å². The van der Waals surface area contributed by atoms with Crippen molar-refractivity contribution in [1.82, 2.24) is 10.2 Å². The molecule has 0 bridgehead atoms. The van der Waals surface area contributed by atoms with Gasteiger partial charge in [-0.3, -0.25) is 4.79 Å². The van der Waals surface area contributed by atoms with Gasteiger partial charge in [-0.2, -0.15) is 0 Å². The summed E-state index contributed by atoms with van der Waals surface area (Å²) in [6, 6.07) is 17.4. The monoisotopic (exact) mass is 360 g/mol. The van der Waals surface area contributed by atoms with E-state index in [1.54, 1.807) is 31.2 Å². The van der Waals surface area contributed by atoms with Gasteiger partial charge in [0.25, 0.3) is 5.91 Å². The third-order valence-electron chi connectivity index (χ3n) is 3.79. The van der Waals surface area contributed by atoms with Crippen LogP contribution in [-0.4, -0.2) is 37.0 Å². The van der Waals surface area contributed by atoms with Crippen LogP contribution >= 0.6 is 11.6 Å². The van der Waals surface area contributed by atoms with Crippen molar-refractivity contribution in [1.29, 1.82) is 0 Å². The summed E-state index contributed by atoms with van der Waals surface area (Å²) in [5.41, 5.74) is 1.29. The van der Waals surface area contributed by atoms with Gasteiger partial charge in [0.05, 0.1) is 0 Å². The molecular formula is C20H25ClN2O2. The number of ether oxygens (including phenoxy) is 1. The molecule has 1 unspecified atom stereocenters. The highest BCUT2D eigenvalue weighted by Crippen LogP contribution is 2.18. The molecule has 0 saturated heterocycles. The van der Waals surface area contributed by atoms with Gasteiger partial charge < -0.3 is 15.0 Å². The highest BCUT2D eigenvalue weighted by Gasteiger charge is 2.14.